The predicted octanol–water partition coefficient (Wildman–Crippen LogP) is 1.90. The molecule has 100 valence electrons. The largest absolute Gasteiger partial charge is 0.492 e. The molecule has 1 aromatic heterocycles. The molecule has 5 nitrogen and oxygen atoms in total. The third-order valence-corrected chi connectivity index (χ3v) is 2.64. The van der Waals surface area contributed by atoms with Crippen molar-refractivity contribution in [3.8, 4) is 5.75 Å². The fourth-order valence-electron chi connectivity index (χ4n) is 1.72. The highest BCUT2D eigenvalue weighted by Gasteiger charge is 2.01. The molecule has 0 fully saturated rings. The average Bonchev–Trinajstić information content (AvgIpc) is 2.77. The smallest absolute Gasteiger partial charge is 0.307 e. The van der Waals surface area contributed by atoms with Crippen molar-refractivity contribution in [1.29, 1.82) is 0 Å². The fourth-order valence-corrected chi connectivity index (χ4v) is 1.72. The molecule has 2 rings (SSSR count). The summed E-state index contributed by atoms with van der Waals surface area (Å²) in [4.78, 5) is 10.5. The SMILES string of the molecule is Cc1ccn(CCOc2ccc(CC(=O)O)cc2)n1. The van der Waals surface area contributed by atoms with Gasteiger partial charge in [-0.25, -0.2) is 0 Å². The fraction of sp³-hybridized carbons (Fsp3) is 0.286. The zero-order valence-corrected chi connectivity index (χ0v) is 10.7. The van der Waals surface area contributed by atoms with E-state index in [1.165, 1.54) is 0 Å². The highest BCUT2D eigenvalue weighted by molar-refractivity contribution is 5.70. The first-order valence-corrected chi connectivity index (χ1v) is 6.07. The molecular weight excluding hydrogens is 244 g/mol. The molecule has 0 aliphatic carbocycles. The van der Waals surface area contributed by atoms with Crippen molar-refractivity contribution in [2.75, 3.05) is 6.61 Å². The third kappa shape index (κ3) is 4.13. The van der Waals surface area contributed by atoms with E-state index in [4.69, 9.17) is 9.84 Å². The van der Waals surface area contributed by atoms with Crippen LogP contribution in [0.15, 0.2) is 36.5 Å². The molecule has 19 heavy (non-hydrogen) atoms. The first-order chi connectivity index (χ1) is 9.13. The molecule has 0 unspecified atom stereocenters. The number of benzene rings is 1. The van der Waals surface area contributed by atoms with Gasteiger partial charge in [0.05, 0.1) is 18.7 Å². The highest BCUT2D eigenvalue weighted by atomic mass is 16.5. The van der Waals surface area contributed by atoms with E-state index in [1.807, 2.05) is 23.9 Å². The molecular formula is C14H16N2O3. The van der Waals surface area contributed by atoms with Gasteiger partial charge in [-0.2, -0.15) is 5.10 Å². The summed E-state index contributed by atoms with van der Waals surface area (Å²) in [5, 5.41) is 12.9. The summed E-state index contributed by atoms with van der Waals surface area (Å²) in [6, 6.07) is 9.04. The number of hydrogen-bond donors (Lipinski definition) is 1. The van der Waals surface area contributed by atoms with E-state index in [1.54, 1.807) is 24.3 Å². The van der Waals surface area contributed by atoms with E-state index in [0.717, 1.165) is 17.0 Å². The standard InChI is InChI=1S/C14H16N2O3/c1-11-6-7-16(15-11)8-9-19-13-4-2-12(3-5-13)10-14(17)18/h2-7H,8-10H2,1H3,(H,17,18). The molecule has 1 heterocycles. The number of aromatic nitrogens is 2. The molecule has 0 radical (unpaired) electrons. The van der Waals surface area contributed by atoms with Gasteiger partial charge < -0.3 is 9.84 Å². The van der Waals surface area contributed by atoms with Crippen molar-refractivity contribution >= 4 is 5.97 Å². The van der Waals surface area contributed by atoms with Crippen LogP contribution in [0.3, 0.4) is 0 Å². The second-order valence-corrected chi connectivity index (χ2v) is 4.28. The number of ether oxygens (including phenoxy) is 1. The van der Waals surface area contributed by atoms with Crippen LogP contribution in [0.5, 0.6) is 5.75 Å². The number of aliphatic carboxylic acids is 1. The summed E-state index contributed by atoms with van der Waals surface area (Å²) in [6.45, 7) is 3.16. The lowest BCUT2D eigenvalue weighted by Gasteiger charge is -2.07. The molecule has 5 heteroatoms. The molecule has 0 bridgehead atoms. The van der Waals surface area contributed by atoms with Crippen LogP contribution in [0.25, 0.3) is 0 Å². The molecule has 0 saturated carbocycles. The minimum absolute atomic E-state index is 0.0346. The molecule has 0 amide bonds. The molecule has 0 aliphatic heterocycles. The second kappa shape index (κ2) is 6.04. The van der Waals surface area contributed by atoms with E-state index in [9.17, 15) is 4.79 Å². The van der Waals surface area contributed by atoms with Gasteiger partial charge in [-0.1, -0.05) is 12.1 Å². The maximum atomic E-state index is 10.5. The van der Waals surface area contributed by atoms with Crippen LogP contribution in [0, 0.1) is 6.92 Å². The number of carboxylic acid groups (broad SMARTS) is 1. The lowest BCUT2D eigenvalue weighted by molar-refractivity contribution is -0.136. The van der Waals surface area contributed by atoms with Crippen LogP contribution in [0.4, 0.5) is 0 Å². The van der Waals surface area contributed by atoms with Crippen molar-refractivity contribution < 1.29 is 14.6 Å². The van der Waals surface area contributed by atoms with E-state index in [-0.39, 0.29) is 6.42 Å². The van der Waals surface area contributed by atoms with Gasteiger partial charge in [0.1, 0.15) is 12.4 Å². The van der Waals surface area contributed by atoms with Gasteiger partial charge >= 0.3 is 5.97 Å². The third-order valence-electron chi connectivity index (χ3n) is 2.64. The van der Waals surface area contributed by atoms with Gasteiger partial charge in [0.15, 0.2) is 0 Å². The number of rotatable bonds is 6. The van der Waals surface area contributed by atoms with Gasteiger partial charge in [-0.15, -0.1) is 0 Å². The van der Waals surface area contributed by atoms with Crippen LogP contribution in [-0.2, 0) is 17.8 Å². The van der Waals surface area contributed by atoms with Crippen molar-refractivity contribution in [2.24, 2.45) is 0 Å². The topological polar surface area (TPSA) is 64.3 Å². The van der Waals surface area contributed by atoms with Gasteiger partial charge in [-0.05, 0) is 30.7 Å². The number of aryl methyl sites for hydroxylation is 1. The number of carbonyl (C=O) groups is 1. The molecule has 0 aliphatic rings. The molecule has 0 spiro atoms. The molecule has 0 saturated heterocycles. The Kier molecular flexibility index (Phi) is 4.18. The lowest BCUT2D eigenvalue weighted by atomic mass is 10.1. The van der Waals surface area contributed by atoms with Crippen LogP contribution in [0.1, 0.15) is 11.3 Å². The Morgan fingerprint density at radius 3 is 2.63 bits per heavy atom. The van der Waals surface area contributed by atoms with E-state index in [0.29, 0.717) is 13.2 Å². The van der Waals surface area contributed by atoms with Crippen LogP contribution in [0.2, 0.25) is 0 Å². The predicted molar refractivity (Wildman–Crippen MR) is 70.2 cm³/mol. The van der Waals surface area contributed by atoms with Crippen molar-refractivity contribution in [3.63, 3.8) is 0 Å². The maximum Gasteiger partial charge on any atom is 0.307 e. The van der Waals surface area contributed by atoms with Crippen LogP contribution >= 0.6 is 0 Å². The van der Waals surface area contributed by atoms with E-state index >= 15 is 0 Å². The minimum atomic E-state index is -0.831. The number of nitrogens with zero attached hydrogens (tertiary/aromatic N) is 2. The number of hydrogen-bond acceptors (Lipinski definition) is 3. The monoisotopic (exact) mass is 260 g/mol. The summed E-state index contributed by atoms with van der Waals surface area (Å²) >= 11 is 0. The number of carboxylic acids is 1. The molecule has 1 N–H and O–H groups in total. The van der Waals surface area contributed by atoms with Crippen molar-refractivity contribution in [3.05, 3.63) is 47.8 Å². The Morgan fingerprint density at radius 2 is 2.05 bits per heavy atom. The Labute approximate surface area is 111 Å². The average molecular weight is 260 g/mol. The minimum Gasteiger partial charge on any atom is -0.492 e. The summed E-state index contributed by atoms with van der Waals surface area (Å²) in [6.07, 6.45) is 1.95. The molecule has 2 aromatic rings. The summed E-state index contributed by atoms with van der Waals surface area (Å²) < 4.78 is 7.40. The lowest BCUT2D eigenvalue weighted by Crippen LogP contribution is -2.08. The molecule has 0 atom stereocenters. The quantitative estimate of drug-likeness (QED) is 0.861. The zero-order chi connectivity index (χ0) is 13.7. The Balaban J connectivity index is 1.81. The van der Waals surface area contributed by atoms with Crippen LogP contribution in [-0.4, -0.2) is 27.5 Å². The van der Waals surface area contributed by atoms with Gasteiger partial charge in [-0.3, -0.25) is 9.48 Å². The Morgan fingerprint density at radius 1 is 1.32 bits per heavy atom. The van der Waals surface area contributed by atoms with E-state index < -0.39 is 5.97 Å². The zero-order valence-electron chi connectivity index (χ0n) is 10.7. The maximum absolute atomic E-state index is 10.5. The first kappa shape index (κ1) is 13.1. The molecule has 1 aromatic carbocycles. The Hall–Kier alpha value is -2.30. The highest BCUT2D eigenvalue weighted by Crippen LogP contribution is 2.12. The van der Waals surface area contributed by atoms with Crippen molar-refractivity contribution in [2.45, 2.75) is 19.9 Å². The second-order valence-electron chi connectivity index (χ2n) is 4.28. The van der Waals surface area contributed by atoms with E-state index in [2.05, 4.69) is 5.10 Å². The first-order valence-electron chi connectivity index (χ1n) is 6.07. The van der Waals surface area contributed by atoms with Crippen LogP contribution < -0.4 is 4.74 Å². The summed E-state index contributed by atoms with van der Waals surface area (Å²) in [7, 11) is 0. The summed E-state index contributed by atoms with van der Waals surface area (Å²) in [5.41, 5.74) is 1.75. The Bertz CT molecular complexity index is 546. The summed E-state index contributed by atoms with van der Waals surface area (Å²) in [5.74, 6) is -0.0965. The van der Waals surface area contributed by atoms with Gasteiger partial charge in [0.2, 0.25) is 0 Å². The normalized spacial score (nSPS) is 10.4. The van der Waals surface area contributed by atoms with Gasteiger partial charge in [0, 0.05) is 6.20 Å². The van der Waals surface area contributed by atoms with Gasteiger partial charge in [0.25, 0.3) is 0 Å². The van der Waals surface area contributed by atoms with Crippen molar-refractivity contribution in [1.82, 2.24) is 9.78 Å².